The molecule has 0 saturated carbocycles. The van der Waals surface area contributed by atoms with Gasteiger partial charge < -0.3 is 13.6 Å². The second-order valence-corrected chi connectivity index (χ2v) is 6.69. The molecule has 1 aromatic carbocycles. The fourth-order valence-corrected chi connectivity index (χ4v) is 3.04. The van der Waals surface area contributed by atoms with Gasteiger partial charge in [0.25, 0.3) is 0 Å². The van der Waals surface area contributed by atoms with E-state index >= 15 is 0 Å². The van der Waals surface area contributed by atoms with Crippen molar-refractivity contribution in [1.82, 2.24) is 0 Å². The third kappa shape index (κ3) is 4.04. The number of furan rings is 1. The molecule has 0 aliphatic carbocycles. The van der Waals surface area contributed by atoms with Gasteiger partial charge >= 0.3 is 11.6 Å². The zero-order valence-corrected chi connectivity index (χ0v) is 15.2. The van der Waals surface area contributed by atoms with Crippen molar-refractivity contribution in [1.29, 1.82) is 0 Å². The molecular weight excluding hydrogens is 332 g/mol. The number of hydrogen-bond donors (Lipinski definition) is 0. The van der Waals surface area contributed by atoms with Gasteiger partial charge in [-0.1, -0.05) is 13.8 Å². The Kier molecular flexibility index (Phi) is 5.26. The summed E-state index contributed by atoms with van der Waals surface area (Å²) in [6.07, 6.45) is 2.29. The molecule has 0 aliphatic heterocycles. The molecule has 3 aromatic rings. The van der Waals surface area contributed by atoms with Gasteiger partial charge in [-0.25, -0.2) is 4.79 Å². The maximum absolute atomic E-state index is 12.0. The Morgan fingerprint density at radius 3 is 2.73 bits per heavy atom. The zero-order valence-electron chi connectivity index (χ0n) is 15.2. The van der Waals surface area contributed by atoms with Crippen molar-refractivity contribution >= 4 is 16.9 Å². The highest BCUT2D eigenvalue weighted by molar-refractivity contribution is 5.82. The summed E-state index contributed by atoms with van der Waals surface area (Å²) < 4.78 is 15.9. The second kappa shape index (κ2) is 7.60. The Labute approximate surface area is 151 Å². The van der Waals surface area contributed by atoms with Gasteiger partial charge in [0.2, 0.25) is 0 Å². The molecule has 0 fully saturated rings. The van der Waals surface area contributed by atoms with Crippen molar-refractivity contribution in [3.63, 3.8) is 0 Å². The molecule has 136 valence electrons. The minimum atomic E-state index is -0.448. The Morgan fingerprint density at radius 2 is 2.04 bits per heavy atom. The van der Waals surface area contributed by atoms with Crippen LogP contribution in [0.1, 0.15) is 48.6 Å². The van der Waals surface area contributed by atoms with E-state index in [2.05, 4.69) is 13.8 Å². The molecule has 26 heavy (non-hydrogen) atoms. The SMILES string of the molecule is Cc1cc2oc(=O)cc(COC(=O)CCc3ccco3)c2cc1C(C)C. The summed E-state index contributed by atoms with van der Waals surface area (Å²) in [7, 11) is 0. The van der Waals surface area contributed by atoms with Crippen LogP contribution in [0.15, 0.2) is 50.2 Å². The first-order chi connectivity index (χ1) is 12.4. The first-order valence-electron chi connectivity index (χ1n) is 8.69. The molecule has 0 N–H and O–H groups in total. The summed E-state index contributed by atoms with van der Waals surface area (Å²) in [6, 6.07) is 8.88. The van der Waals surface area contributed by atoms with Gasteiger partial charge in [0.1, 0.15) is 18.0 Å². The fourth-order valence-electron chi connectivity index (χ4n) is 3.04. The summed E-state index contributed by atoms with van der Waals surface area (Å²) in [6.45, 7) is 6.26. The molecule has 5 nitrogen and oxygen atoms in total. The van der Waals surface area contributed by atoms with Gasteiger partial charge in [-0.2, -0.15) is 0 Å². The molecule has 0 spiro atoms. The van der Waals surface area contributed by atoms with Crippen LogP contribution in [-0.4, -0.2) is 5.97 Å². The Morgan fingerprint density at radius 1 is 1.23 bits per heavy atom. The van der Waals surface area contributed by atoms with Crippen LogP contribution >= 0.6 is 0 Å². The van der Waals surface area contributed by atoms with Gasteiger partial charge in [-0.15, -0.1) is 0 Å². The standard InChI is InChI=1S/C21H22O5/c1-13(2)17-11-18-15(10-21(23)26-19(18)9-14(17)3)12-25-20(22)7-6-16-5-4-8-24-16/h4-5,8-11,13H,6-7,12H2,1-3H3. The van der Waals surface area contributed by atoms with Crippen LogP contribution in [0.2, 0.25) is 0 Å². The monoisotopic (exact) mass is 354 g/mol. The molecule has 0 radical (unpaired) electrons. The number of carbonyl (C=O) groups is 1. The van der Waals surface area contributed by atoms with Crippen LogP contribution in [0.25, 0.3) is 11.0 Å². The Hall–Kier alpha value is -2.82. The van der Waals surface area contributed by atoms with Crippen molar-refractivity contribution in [2.75, 3.05) is 0 Å². The van der Waals surface area contributed by atoms with E-state index in [4.69, 9.17) is 13.6 Å². The van der Waals surface area contributed by atoms with E-state index in [0.29, 0.717) is 23.5 Å². The Bertz CT molecular complexity index is 964. The van der Waals surface area contributed by atoms with Crippen LogP contribution in [0.4, 0.5) is 0 Å². The lowest BCUT2D eigenvalue weighted by Gasteiger charge is -2.13. The number of carbonyl (C=O) groups excluding carboxylic acids is 1. The van der Waals surface area contributed by atoms with E-state index in [9.17, 15) is 9.59 Å². The minimum Gasteiger partial charge on any atom is -0.469 e. The summed E-state index contributed by atoms with van der Waals surface area (Å²) >= 11 is 0. The van der Waals surface area contributed by atoms with Gasteiger partial charge in [0.15, 0.2) is 0 Å². The normalized spacial score (nSPS) is 11.2. The van der Waals surface area contributed by atoms with Crippen molar-refractivity contribution in [3.05, 3.63) is 69.5 Å². The van der Waals surface area contributed by atoms with Crippen LogP contribution in [-0.2, 0) is 22.6 Å². The van der Waals surface area contributed by atoms with E-state index < -0.39 is 5.63 Å². The Balaban J connectivity index is 1.79. The van der Waals surface area contributed by atoms with Gasteiger partial charge in [0.05, 0.1) is 12.7 Å². The van der Waals surface area contributed by atoms with Gasteiger partial charge in [-0.05, 0) is 48.2 Å². The van der Waals surface area contributed by atoms with E-state index in [1.807, 2.05) is 25.1 Å². The van der Waals surface area contributed by atoms with Crippen molar-refractivity contribution in [3.8, 4) is 0 Å². The first kappa shape index (κ1) is 18.0. The highest BCUT2D eigenvalue weighted by Gasteiger charge is 2.13. The second-order valence-electron chi connectivity index (χ2n) is 6.69. The fraction of sp³-hybridized carbons (Fsp3) is 0.333. The molecule has 0 amide bonds. The number of rotatable bonds is 6. The molecule has 2 aromatic heterocycles. The maximum Gasteiger partial charge on any atom is 0.336 e. The minimum absolute atomic E-state index is 0.0414. The summed E-state index contributed by atoms with van der Waals surface area (Å²) in [5.41, 5.74) is 2.97. The van der Waals surface area contributed by atoms with Gasteiger partial charge in [0, 0.05) is 23.4 Å². The number of esters is 1. The van der Waals surface area contributed by atoms with Crippen LogP contribution in [0.5, 0.6) is 0 Å². The van der Waals surface area contributed by atoms with Crippen LogP contribution < -0.4 is 5.63 Å². The quantitative estimate of drug-likeness (QED) is 0.482. The van der Waals surface area contributed by atoms with Gasteiger partial charge in [-0.3, -0.25) is 4.79 Å². The number of benzene rings is 1. The number of ether oxygens (including phenoxy) is 1. The van der Waals surface area contributed by atoms with Crippen LogP contribution in [0.3, 0.4) is 0 Å². The third-order valence-corrected chi connectivity index (χ3v) is 4.38. The molecule has 0 bridgehead atoms. The molecular formula is C21H22O5. The van der Waals surface area contributed by atoms with Crippen molar-refractivity contribution in [2.45, 2.75) is 46.1 Å². The largest absolute Gasteiger partial charge is 0.469 e. The average Bonchev–Trinajstić information content (AvgIpc) is 3.10. The maximum atomic E-state index is 12.0. The topological polar surface area (TPSA) is 69.7 Å². The molecule has 0 saturated heterocycles. The third-order valence-electron chi connectivity index (χ3n) is 4.38. The molecule has 3 rings (SSSR count). The molecule has 0 unspecified atom stereocenters. The van der Waals surface area contributed by atoms with E-state index in [-0.39, 0.29) is 19.0 Å². The lowest BCUT2D eigenvalue weighted by Crippen LogP contribution is -2.08. The van der Waals surface area contributed by atoms with E-state index in [1.165, 1.54) is 11.6 Å². The number of hydrogen-bond acceptors (Lipinski definition) is 5. The zero-order chi connectivity index (χ0) is 18.7. The molecule has 0 aliphatic rings. The summed E-state index contributed by atoms with van der Waals surface area (Å²) in [4.78, 5) is 23.8. The predicted molar refractivity (Wildman–Crippen MR) is 98.1 cm³/mol. The lowest BCUT2D eigenvalue weighted by molar-refractivity contribution is -0.144. The summed E-state index contributed by atoms with van der Waals surface area (Å²) in [5.74, 6) is 0.749. The van der Waals surface area contributed by atoms with Crippen molar-refractivity contribution < 1.29 is 18.4 Å². The van der Waals surface area contributed by atoms with Crippen molar-refractivity contribution in [2.24, 2.45) is 0 Å². The van der Waals surface area contributed by atoms with E-state index in [1.54, 1.807) is 12.3 Å². The number of fused-ring (bicyclic) bond motifs is 1. The highest BCUT2D eigenvalue weighted by atomic mass is 16.5. The summed E-state index contributed by atoms with van der Waals surface area (Å²) in [5, 5.41) is 0.803. The average molecular weight is 354 g/mol. The molecule has 5 heteroatoms. The van der Waals surface area contributed by atoms with Crippen LogP contribution in [0, 0.1) is 6.92 Å². The lowest BCUT2D eigenvalue weighted by atomic mass is 9.95. The smallest absolute Gasteiger partial charge is 0.336 e. The highest BCUT2D eigenvalue weighted by Crippen LogP contribution is 2.27. The van der Waals surface area contributed by atoms with E-state index in [0.717, 1.165) is 16.7 Å². The number of aryl methyl sites for hydroxylation is 2. The first-order valence-corrected chi connectivity index (χ1v) is 8.69. The molecule has 2 heterocycles. The molecule has 0 atom stereocenters. The predicted octanol–water partition coefficient (Wildman–Crippen LogP) is 4.49.